The number of hydrogen-bond acceptors (Lipinski definition) is 18. The van der Waals surface area contributed by atoms with Crippen molar-refractivity contribution < 1.29 is 28.9 Å². The van der Waals surface area contributed by atoms with Crippen LogP contribution in [0.1, 0.15) is 84.1 Å². The standard InChI is InChI=1S/C42H66N12O6/c1-6-8-17-31(49-38-35(25-47-41(44)52-38)58-20-12-16-30-14-10-9-11-15-30)19-22-60-54(33(13-7-2)28-56-4)39-36(26-48-42(45)53-39)59-21-18-29(3)23-32(27-55)50-37-34(57-5)24-46-40(43)51-37/h9-11,14-15,24-26,29,31-33,55H,6-8,12-13,16-23,27-28H2,1-5H3,(H2,45,48,53)(H3,43,46,50,51)(H3,44,47,49,52)/t29?,31-,32-,33?/m0/s1. The average Bonchev–Trinajstić information content (AvgIpc) is 3.24. The lowest BCUT2D eigenvalue weighted by atomic mass is 9.99. The first-order chi connectivity index (χ1) is 29.2. The fourth-order valence-corrected chi connectivity index (χ4v) is 6.67. The van der Waals surface area contributed by atoms with Gasteiger partial charge in [-0.05, 0) is 56.4 Å². The van der Waals surface area contributed by atoms with Crippen molar-refractivity contribution in [2.45, 2.75) is 103 Å². The Morgan fingerprint density at radius 1 is 0.717 bits per heavy atom. The van der Waals surface area contributed by atoms with E-state index in [-0.39, 0.29) is 48.5 Å². The summed E-state index contributed by atoms with van der Waals surface area (Å²) in [7, 11) is 3.19. The van der Waals surface area contributed by atoms with Gasteiger partial charge in [0, 0.05) is 13.2 Å². The van der Waals surface area contributed by atoms with E-state index >= 15 is 0 Å². The van der Waals surface area contributed by atoms with Gasteiger partial charge in [-0.25, -0.2) is 20.0 Å². The van der Waals surface area contributed by atoms with E-state index in [9.17, 15) is 5.11 Å². The van der Waals surface area contributed by atoms with Crippen LogP contribution in [-0.2, 0) is 16.0 Å². The lowest BCUT2D eigenvalue weighted by Gasteiger charge is -2.32. The number of anilines is 6. The fraction of sp³-hybridized carbons (Fsp3) is 0.571. The molecule has 4 aromatic rings. The van der Waals surface area contributed by atoms with Crippen molar-refractivity contribution in [3.8, 4) is 17.2 Å². The van der Waals surface area contributed by atoms with Crippen LogP contribution in [0.4, 0.5) is 35.3 Å². The molecule has 0 saturated heterocycles. The lowest BCUT2D eigenvalue weighted by Crippen LogP contribution is -2.40. The molecule has 0 saturated carbocycles. The van der Waals surface area contributed by atoms with Gasteiger partial charge in [0.1, 0.15) is 0 Å². The van der Waals surface area contributed by atoms with E-state index in [0.717, 1.165) is 44.9 Å². The van der Waals surface area contributed by atoms with E-state index in [1.807, 2.05) is 18.2 Å². The Hall–Kier alpha value is -5.46. The zero-order valence-electron chi connectivity index (χ0n) is 35.9. The quantitative estimate of drug-likeness (QED) is 0.0272. The molecule has 60 heavy (non-hydrogen) atoms. The number of aryl methyl sites for hydroxylation is 1. The van der Waals surface area contributed by atoms with Crippen molar-refractivity contribution in [1.82, 2.24) is 29.9 Å². The normalized spacial score (nSPS) is 13.2. The Labute approximate surface area is 354 Å². The van der Waals surface area contributed by atoms with E-state index in [4.69, 9.17) is 41.0 Å². The summed E-state index contributed by atoms with van der Waals surface area (Å²) >= 11 is 0. The third-order valence-electron chi connectivity index (χ3n) is 9.81. The number of rotatable bonds is 30. The number of ether oxygens (including phenoxy) is 4. The Balaban J connectivity index is 1.43. The van der Waals surface area contributed by atoms with Crippen LogP contribution in [0.25, 0.3) is 0 Å². The number of aromatic nitrogens is 6. The van der Waals surface area contributed by atoms with Crippen LogP contribution in [-0.4, -0.2) is 100 Å². The zero-order chi connectivity index (χ0) is 43.1. The summed E-state index contributed by atoms with van der Waals surface area (Å²) in [5.41, 5.74) is 19.3. The molecule has 0 spiro atoms. The maximum atomic E-state index is 10.2. The van der Waals surface area contributed by atoms with Crippen molar-refractivity contribution in [3.63, 3.8) is 0 Å². The number of nitrogens with two attached hydrogens (primary N) is 3. The van der Waals surface area contributed by atoms with Crippen LogP contribution in [0.2, 0.25) is 0 Å². The molecular formula is C42H66N12O6. The van der Waals surface area contributed by atoms with E-state index in [1.165, 1.54) is 18.9 Å². The van der Waals surface area contributed by atoms with Gasteiger partial charge in [-0.3, -0.25) is 4.84 Å². The van der Waals surface area contributed by atoms with Crippen LogP contribution < -0.4 is 47.1 Å². The maximum absolute atomic E-state index is 10.2. The summed E-state index contributed by atoms with van der Waals surface area (Å²) < 4.78 is 23.5. The van der Waals surface area contributed by atoms with Gasteiger partial charge in [0.25, 0.3) is 0 Å². The maximum Gasteiger partial charge on any atom is 0.222 e. The summed E-state index contributed by atoms with van der Waals surface area (Å²) in [6.07, 6.45) is 12.9. The number of aliphatic hydroxyl groups excluding tert-OH is 1. The Bertz CT molecular complexity index is 1810. The minimum atomic E-state index is -0.308. The summed E-state index contributed by atoms with van der Waals surface area (Å²) in [6.45, 7) is 7.81. The van der Waals surface area contributed by atoms with Gasteiger partial charge in [-0.2, -0.15) is 15.0 Å². The van der Waals surface area contributed by atoms with Crippen molar-refractivity contribution >= 4 is 35.3 Å². The van der Waals surface area contributed by atoms with Crippen molar-refractivity contribution in [1.29, 1.82) is 0 Å². The first-order valence-corrected chi connectivity index (χ1v) is 20.9. The molecule has 330 valence electrons. The number of aliphatic hydroxyl groups is 1. The number of unbranched alkanes of at least 4 members (excludes halogenated alkanes) is 1. The predicted octanol–water partition coefficient (Wildman–Crippen LogP) is 5.71. The van der Waals surface area contributed by atoms with Gasteiger partial charge in [-0.1, -0.05) is 70.4 Å². The Morgan fingerprint density at radius 3 is 2.03 bits per heavy atom. The molecule has 0 aliphatic carbocycles. The highest BCUT2D eigenvalue weighted by molar-refractivity contribution is 5.54. The Kier molecular flexibility index (Phi) is 20.4. The predicted molar refractivity (Wildman–Crippen MR) is 235 cm³/mol. The fourth-order valence-electron chi connectivity index (χ4n) is 6.67. The van der Waals surface area contributed by atoms with E-state index < -0.39 is 0 Å². The molecule has 0 fully saturated rings. The van der Waals surface area contributed by atoms with Crippen LogP contribution in [0.15, 0.2) is 48.9 Å². The SMILES string of the molecule is CCCC[C@@H](CCON(c1nc(N)ncc1OCCC(C)C[C@@H](CO)Nc1nc(N)ncc1OC)C(CCC)COC)Nc1nc(N)ncc1OCCCc1ccccc1. The van der Waals surface area contributed by atoms with Crippen molar-refractivity contribution in [2.75, 3.05) is 80.2 Å². The van der Waals surface area contributed by atoms with Crippen LogP contribution in [0, 0.1) is 5.92 Å². The molecule has 0 aliphatic rings. The molecule has 9 N–H and O–H groups in total. The number of methoxy groups -OCH3 is 2. The van der Waals surface area contributed by atoms with E-state index in [2.05, 4.69) is 73.4 Å². The molecule has 18 nitrogen and oxygen atoms in total. The van der Waals surface area contributed by atoms with Gasteiger partial charge < -0.3 is 51.9 Å². The highest BCUT2D eigenvalue weighted by Gasteiger charge is 2.27. The molecule has 2 unspecified atom stereocenters. The highest BCUT2D eigenvalue weighted by Crippen LogP contribution is 2.31. The second kappa shape index (κ2) is 25.9. The minimum Gasteiger partial charge on any atom is -0.491 e. The number of benzene rings is 1. The molecule has 4 rings (SSSR count). The zero-order valence-corrected chi connectivity index (χ0v) is 35.9. The summed E-state index contributed by atoms with van der Waals surface area (Å²) in [5, 5.41) is 18.7. The van der Waals surface area contributed by atoms with Crippen molar-refractivity contribution in [3.05, 3.63) is 54.5 Å². The van der Waals surface area contributed by atoms with Crippen LogP contribution >= 0.6 is 0 Å². The molecule has 1 aromatic carbocycles. The Morgan fingerprint density at radius 2 is 1.37 bits per heavy atom. The molecule has 0 amide bonds. The molecule has 4 atom stereocenters. The first-order valence-electron chi connectivity index (χ1n) is 20.9. The third-order valence-corrected chi connectivity index (χ3v) is 9.81. The average molecular weight is 835 g/mol. The van der Waals surface area contributed by atoms with Gasteiger partial charge in [0.15, 0.2) is 28.9 Å². The van der Waals surface area contributed by atoms with Gasteiger partial charge in [-0.15, -0.1) is 0 Å². The molecule has 0 aliphatic heterocycles. The van der Waals surface area contributed by atoms with Crippen LogP contribution in [0.3, 0.4) is 0 Å². The highest BCUT2D eigenvalue weighted by atomic mass is 16.7. The lowest BCUT2D eigenvalue weighted by molar-refractivity contribution is 0.0488. The largest absolute Gasteiger partial charge is 0.491 e. The topological polar surface area (TPSA) is 249 Å². The monoisotopic (exact) mass is 835 g/mol. The molecule has 18 heteroatoms. The van der Waals surface area contributed by atoms with E-state index in [0.29, 0.717) is 80.4 Å². The molecule has 0 bridgehead atoms. The minimum absolute atomic E-state index is 0.0162. The summed E-state index contributed by atoms with van der Waals surface area (Å²) in [4.78, 5) is 32.4. The molecular weight excluding hydrogens is 769 g/mol. The molecule has 3 aromatic heterocycles. The second-order valence-corrected chi connectivity index (χ2v) is 14.8. The van der Waals surface area contributed by atoms with Crippen LogP contribution in [0.5, 0.6) is 17.2 Å². The first kappa shape index (κ1) is 47.2. The van der Waals surface area contributed by atoms with Crippen molar-refractivity contribution in [2.24, 2.45) is 5.92 Å². The molecule has 0 radical (unpaired) electrons. The second-order valence-electron chi connectivity index (χ2n) is 14.8. The number of nitrogen functional groups attached to an aromatic ring is 3. The number of nitrogens with zero attached hydrogens (tertiary/aromatic N) is 7. The smallest absolute Gasteiger partial charge is 0.222 e. The number of hydrogen-bond donors (Lipinski definition) is 6. The number of nitrogens with one attached hydrogen (secondary N) is 2. The third kappa shape index (κ3) is 15.6. The molecule has 3 heterocycles. The van der Waals surface area contributed by atoms with E-state index in [1.54, 1.807) is 24.6 Å². The van der Waals surface area contributed by atoms with Gasteiger partial charge >= 0.3 is 0 Å². The van der Waals surface area contributed by atoms with Gasteiger partial charge in [0.05, 0.1) is 70.8 Å². The summed E-state index contributed by atoms with van der Waals surface area (Å²) in [5.74, 6) is 3.30. The number of hydroxylamine groups is 1. The van der Waals surface area contributed by atoms with Gasteiger partial charge in [0.2, 0.25) is 23.7 Å². The summed E-state index contributed by atoms with van der Waals surface area (Å²) in [6, 6.07) is 9.81.